The van der Waals surface area contributed by atoms with E-state index in [4.69, 9.17) is 4.74 Å². The number of methoxy groups -OCH3 is 1. The summed E-state index contributed by atoms with van der Waals surface area (Å²) in [4.78, 5) is 19.6. The Kier molecular flexibility index (Phi) is 3.10. The largest absolute Gasteiger partial charge is 0.489 e. The highest BCUT2D eigenvalue weighted by molar-refractivity contribution is 7.80. The van der Waals surface area contributed by atoms with Gasteiger partial charge in [0, 0.05) is 6.07 Å². The Labute approximate surface area is 89.4 Å². The highest BCUT2D eigenvalue weighted by Crippen LogP contribution is 2.40. The molecule has 0 spiro atoms. The Morgan fingerprint density at radius 1 is 1.27 bits per heavy atom. The van der Waals surface area contributed by atoms with Gasteiger partial charge in [0.2, 0.25) is 5.75 Å². The van der Waals surface area contributed by atoms with Gasteiger partial charge in [0.05, 0.1) is 21.9 Å². The van der Waals surface area contributed by atoms with Crippen molar-refractivity contribution in [3.8, 4) is 5.75 Å². The summed E-state index contributed by atoms with van der Waals surface area (Å²) in [6.45, 7) is 0. The molecule has 0 aliphatic rings. The number of hydrogen-bond acceptors (Lipinski definition) is 6. The lowest BCUT2D eigenvalue weighted by atomic mass is 10.2. The summed E-state index contributed by atoms with van der Waals surface area (Å²) in [7, 11) is 1.19. The summed E-state index contributed by atoms with van der Waals surface area (Å²) >= 11 is 3.91. The van der Waals surface area contributed by atoms with Crippen molar-refractivity contribution in [2.45, 2.75) is 4.90 Å². The fraction of sp³-hybridized carbons (Fsp3) is 0.143. The Morgan fingerprint density at radius 2 is 1.87 bits per heavy atom. The molecule has 0 N–H and O–H groups in total. The summed E-state index contributed by atoms with van der Waals surface area (Å²) in [6, 6.07) is 2.29. The molecule has 0 aromatic heterocycles. The van der Waals surface area contributed by atoms with E-state index >= 15 is 0 Å². The first kappa shape index (κ1) is 11.2. The predicted molar refractivity (Wildman–Crippen MR) is 53.6 cm³/mol. The zero-order valence-corrected chi connectivity index (χ0v) is 8.43. The van der Waals surface area contributed by atoms with Crippen molar-refractivity contribution in [2.75, 3.05) is 7.11 Å². The molecule has 1 aromatic rings. The molecule has 0 unspecified atom stereocenters. The van der Waals surface area contributed by atoms with Crippen molar-refractivity contribution in [2.24, 2.45) is 0 Å². The molecule has 0 saturated heterocycles. The predicted octanol–water partition coefficient (Wildman–Crippen LogP) is 1.80. The van der Waals surface area contributed by atoms with Crippen molar-refractivity contribution in [3.63, 3.8) is 0 Å². The SMILES string of the molecule is COc1c(S)ccc([N+](=O)[O-])c1[N+](=O)[O-]. The van der Waals surface area contributed by atoms with E-state index in [-0.39, 0.29) is 10.6 Å². The third-order valence-electron chi connectivity index (χ3n) is 1.67. The van der Waals surface area contributed by atoms with Gasteiger partial charge in [0.25, 0.3) is 0 Å². The monoisotopic (exact) mass is 230 g/mol. The molecule has 15 heavy (non-hydrogen) atoms. The lowest BCUT2D eigenvalue weighted by Crippen LogP contribution is -2.00. The molecule has 0 radical (unpaired) electrons. The highest BCUT2D eigenvalue weighted by Gasteiger charge is 2.30. The molecule has 1 rings (SSSR count). The molecular weight excluding hydrogens is 224 g/mol. The molecule has 0 bridgehead atoms. The lowest BCUT2D eigenvalue weighted by Gasteiger charge is -2.04. The molecule has 8 heteroatoms. The number of rotatable bonds is 3. The van der Waals surface area contributed by atoms with Gasteiger partial charge in [-0.3, -0.25) is 20.2 Å². The second kappa shape index (κ2) is 4.13. The van der Waals surface area contributed by atoms with Crippen molar-refractivity contribution >= 4 is 24.0 Å². The second-order valence-corrected chi connectivity index (χ2v) is 2.98. The number of benzene rings is 1. The van der Waals surface area contributed by atoms with Crippen LogP contribution in [0.5, 0.6) is 5.75 Å². The first-order chi connectivity index (χ1) is 6.99. The summed E-state index contributed by atoms with van der Waals surface area (Å²) in [5.41, 5.74) is -1.30. The van der Waals surface area contributed by atoms with Crippen LogP contribution >= 0.6 is 12.6 Å². The molecule has 0 aliphatic heterocycles. The van der Waals surface area contributed by atoms with Crippen LogP contribution in [0.3, 0.4) is 0 Å². The maximum absolute atomic E-state index is 10.6. The number of hydrogen-bond donors (Lipinski definition) is 1. The van der Waals surface area contributed by atoms with Crippen LogP contribution < -0.4 is 4.74 Å². The van der Waals surface area contributed by atoms with Crippen LogP contribution in [0.2, 0.25) is 0 Å². The Bertz CT molecular complexity index is 434. The number of nitrogens with zero attached hydrogens (tertiary/aromatic N) is 2. The maximum atomic E-state index is 10.6. The fourth-order valence-electron chi connectivity index (χ4n) is 1.08. The van der Waals surface area contributed by atoms with Gasteiger partial charge in [0.15, 0.2) is 0 Å². The van der Waals surface area contributed by atoms with E-state index in [0.717, 1.165) is 6.07 Å². The minimum absolute atomic E-state index is 0.176. The van der Waals surface area contributed by atoms with E-state index in [0.29, 0.717) is 0 Å². The Morgan fingerprint density at radius 3 is 2.27 bits per heavy atom. The number of nitro benzene ring substituents is 2. The van der Waals surface area contributed by atoms with Gasteiger partial charge >= 0.3 is 11.4 Å². The molecular formula is C7H6N2O5S. The van der Waals surface area contributed by atoms with E-state index < -0.39 is 21.2 Å². The van der Waals surface area contributed by atoms with E-state index in [2.05, 4.69) is 12.6 Å². The molecule has 0 fully saturated rings. The second-order valence-electron chi connectivity index (χ2n) is 2.50. The van der Waals surface area contributed by atoms with Crippen LogP contribution in [0.4, 0.5) is 11.4 Å². The minimum atomic E-state index is -0.864. The summed E-state index contributed by atoms with van der Waals surface area (Å²) in [5.74, 6) is -0.211. The molecule has 7 nitrogen and oxygen atoms in total. The van der Waals surface area contributed by atoms with Gasteiger partial charge in [-0.25, -0.2) is 0 Å². The smallest absolute Gasteiger partial charge is 0.388 e. The molecule has 0 amide bonds. The third kappa shape index (κ3) is 1.99. The quantitative estimate of drug-likeness (QED) is 0.485. The van der Waals surface area contributed by atoms with Gasteiger partial charge in [-0.1, -0.05) is 0 Å². The third-order valence-corrected chi connectivity index (χ3v) is 2.02. The fourth-order valence-corrected chi connectivity index (χ4v) is 1.35. The first-order valence-corrected chi connectivity index (χ1v) is 4.12. The highest BCUT2D eigenvalue weighted by atomic mass is 32.1. The summed E-state index contributed by atoms with van der Waals surface area (Å²) in [5, 5.41) is 21.2. The van der Waals surface area contributed by atoms with Crippen molar-refractivity contribution in [1.29, 1.82) is 0 Å². The normalized spacial score (nSPS) is 9.73. The van der Waals surface area contributed by atoms with Crippen molar-refractivity contribution in [3.05, 3.63) is 32.4 Å². The van der Waals surface area contributed by atoms with E-state index in [1.807, 2.05) is 0 Å². The summed E-state index contributed by atoms with van der Waals surface area (Å²) in [6.07, 6.45) is 0. The number of thiol groups is 1. The lowest BCUT2D eigenvalue weighted by molar-refractivity contribution is -0.423. The van der Waals surface area contributed by atoms with Crippen LogP contribution in [0.1, 0.15) is 0 Å². The standard InChI is InChI=1S/C7H6N2O5S/c1-14-7-5(15)3-2-4(8(10)11)6(7)9(12)13/h2-3,15H,1H3. The molecule has 0 saturated carbocycles. The first-order valence-electron chi connectivity index (χ1n) is 3.67. The molecule has 0 aliphatic carbocycles. The molecule has 0 atom stereocenters. The maximum Gasteiger partial charge on any atom is 0.388 e. The molecule has 80 valence electrons. The van der Waals surface area contributed by atoms with Crippen molar-refractivity contribution < 1.29 is 14.6 Å². The Balaban J connectivity index is 3.56. The van der Waals surface area contributed by atoms with Gasteiger partial charge < -0.3 is 4.74 Å². The van der Waals surface area contributed by atoms with Crippen LogP contribution in [0, 0.1) is 20.2 Å². The average Bonchev–Trinajstić information content (AvgIpc) is 2.16. The van der Waals surface area contributed by atoms with Crippen LogP contribution in [0.15, 0.2) is 17.0 Å². The van der Waals surface area contributed by atoms with Crippen LogP contribution in [-0.2, 0) is 0 Å². The van der Waals surface area contributed by atoms with Gasteiger partial charge in [-0.05, 0) is 6.07 Å². The Hall–Kier alpha value is -1.83. The minimum Gasteiger partial charge on any atom is -0.489 e. The van der Waals surface area contributed by atoms with Crippen LogP contribution in [0.25, 0.3) is 0 Å². The van der Waals surface area contributed by atoms with Crippen molar-refractivity contribution in [1.82, 2.24) is 0 Å². The van der Waals surface area contributed by atoms with Crippen LogP contribution in [-0.4, -0.2) is 17.0 Å². The average molecular weight is 230 g/mol. The van der Waals surface area contributed by atoms with Gasteiger partial charge in [0.1, 0.15) is 0 Å². The van der Waals surface area contributed by atoms with Gasteiger partial charge in [-0.15, -0.1) is 12.6 Å². The zero-order valence-electron chi connectivity index (χ0n) is 7.54. The van der Waals surface area contributed by atoms with E-state index in [1.54, 1.807) is 0 Å². The number of nitro groups is 2. The summed E-state index contributed by atoms with van der Waals surface area (Å²) < 4.78 is 4.71. The molecule has 0 heterocycles. The topological polar surface area (TPSA) is 95.5 Å². The van der Waals surface area contributed by atoms with E-state index in [9.17, 15) is 20.2 Å². The number of ether oxygens (including phenoxy) is 1. The molecule has 1 aromatic carbocycles. The van der Waals surface area contributed by atoms with E-state index in [1.165, 1.54) is 13.2 Å². The van der Waals surface area contributed by atoms with Gasteiger partial charge in [-0.2, -0.15) is 0 Å². The zero-order chi connectivity index (χ0) is 11.6.